The number of carbonyl (C=O) groups is 1. The Morgan fingerprint density at radius 3 is 2.62 bits per heavy atom. The Morgan fingerprint density at radius 1 is 1.17 bits per heavy atom. The Morgan fingerprint density at radius 2 is 1.92 bits per heavy atom. The van der Waals surface area contributed by atoms with Crippen LogP contribution in [0.5, 0.6) is 5.75 Å². The van der Waals surface area contributed by atoms with Crippen molar-refractivity contribution in [2.45, 2.75) is 11.0 Å². The summed E-state index contributed by atoms with van der Waals surface area (Å²) >= 11 is 9.87. The third-order valence-electron chi connectivity index (χ3n) is 3.46. The number of benzene rings is 2. The van der Waals surface area contributed by atoms with E-state index in [-0.39, 0.29) is 12.5 Å². The van der Waals surface area contributed by atoms with Crippen molar-refractivity contribution in [2.24, 2.45) is 0 Å². The van der Waals surface area contributed by atoms with Gasteiger partial charge in [0.1, 0.15) is 5.75 Å². The molecule has 1 saturated heterocycles. The fraction of sp³-hybridized carbons (Fsp3) is 0.278. The number of anilines is 1. The molecule has 1 aliphatic heterocycles. The maximum atomic E-state index is 11.9. The molecule has 1 heterocycles. The minimum absolute atomic E-state index is 0.0290. The summed E-state index contributed by atoms with van der Waals surface area (Å²) in [6.45, 7) is -0.0290. The smallest absolute Gasteiger partial charge is 0.262 e. The van der Waals surface area contributed by atoms with Crippen LogP contribution in [0, 0.1) is 0 Å². The normalized spacial score (nSPS) is 15.0. The summed E-state index contributed by atoms with van der Waals surface area (Å²) in [7, 11) is 0. The highest BCUT2D eigenvalue weighted by molar-refractivity contribution is 8.16. The van der Waals surface area contributed by atoms with E-state index in [2.05, 4.69) is 17.4 Å². The Hall–Kier alpha value is -1.30. The molecule has 1 amide bonds. The molecule has 0 unspecified atom stereocenters. The predicted molar refractivity (Wildman–Crippen MR) is 104 cm³/mol. The Kier molecular flexibility index (Phi) is 6.35. The molecule has 0 aliphatic carbocycles. The molecule has 1 aliphatic rings. The average Bonchev–Trinajstić information content (AvgIpc) is 2.61. The molecule has 2 aromatic carbocycles. The standard InChI is InChI=1S/C18H18ClNO2S2/c19-14-3-1-4-15(11-14)20-17(21)12-22-16-7-5-13(6-8-16)18-23-9-2-10-24-18/h1,3-8,11,18H,2,9-10,12H2,(H,20,21). The van der Waals surface area contributed by atoms with Gasteiger partial charge in [-0.15, -0.1) is 23.5 Å². The van der Waals surface area contributed by atoms with Gasteiger partial charge < -0.3 is 10.1 Å². The van der Waals surface area contributed by atoms with Crippen LogP contribution in [0.1, 0.15) is 16.6 Å². The predicted octanol–water partition coefficient (Wildman–Crippen LogP) is 5.23. The van der Waals surface area contributed by atoms with E-state index in [1.807, 2.05) is 35.7 Å². The van der Waals surface area contributed by atoms with Crippen molar-refractivity contribution >= 4 is 46.7 Å². The topological polar surface area (TPSA) is 38.3 Å². The van der Waals surface area contributed by atoms with Gasteiger partial charge in [-0.25, -0.2) is 0 Å². The maximum absolute atomic E-state index is 11.9. The van der Waals surface area contributed by atoms with Crippen molar-refractivity contribution in [3.05, 3.63) is 59.1 Å². The van der Waals surface area contributed by atoms with Gasteiger partial charge in [0.2, 0.25) is 0 Å². The molecule has 126 valence electrons. The summed E-state index contributed by atoms with van der Waals surface area (Å²) < 4.78 is 6.07. The minimum atomic E-state index is -0.209. The second kappa shape index (κ2) is 8.70. The molecule has 1 fully saturated rings. The summed E-state index contributed by atoms with van der Waals surface area (Å²) in [6, 6.07) is 15.1. The maximum Gasteiger partial charge on any atom is 0.262 e. The van der Waals surface area contributed by atoms with Crippen molar-refractivity contribution < 1.29 is 9.53 Å². The molecule has 0 aromatic heterocycles. The highest BCUT2D eigenvalue weighted by Crippen LogP contribution is 2.43. The van der Waals surface area contributed by atoms with E-state index >= 15 is 0 Å². The first-order valence-corrected chi connectivity index (χ1v) is 10.2. The highest BCUT2D eigenvalue weighted by Gasteiger charge is 2.16. The number of hydrogen-bond donors (Lipinski definition) is 1. The lowest BCUT2D eigenvalue weighted by molar-refractivity contribution is -0.118. The highest BCUT2D eigenvalue weighted by atomic mass is 35.5. The summed E-state index contributed by atoms with van der Waals surface area (Å²) in [5.41, 5.74) is 1.97. The van der Waals surface area contributed by atoms with Crippen molar-refractivity contribution in [2.75, 3.05) is 23.4 Å². The van der Waals surface area contributed by atoms with Crippen molar-refractivity contribution in [3.63, 3.8) is 0 Å². The fourth-order valence-corrected chi connectivity index (χ4v) is 5.40. The number of halogens is 1. The monoisotopic (exact) mass is 379 g/mol. The Labute approximate surface area is 155 Å². The number of nitrogens with one attached hydrogen (secondary N) is 1. The van der Waals surface area contributed by atoms with Crippen molar-refractivity contribution in [3.8, 4) is 5.75 Å². The SMILES string of the molecule is O=C(COc1ccc(C2SCCCS2)cc1)Nc1cccc(Cl)c1. The lowest BCUT2D eigenvalue weighted by atomic mass is 10.2. The molecule has 0 atom stereocenters. The molecule has 3 rings (SSSR count). The summed E-state index contributed by atoms with van der Waals surface area (Å²) in [4.78, 5) is 11.9. The van der Waals surface area contributed by atoms with Crippen LogP contribution in [0.3, 0.4) is 0 Å². The molecule has 6 heteroatoms. The van der Waals surface area contributed by atoms with E-state index in [4.69, 9.17) is 16.3 Å². The van der Waals surface area contributed by atoms with Crippen LogP contribution in [-0.2, 0) is 4.79 Å². The number of rotatable bonds is 5. The third kappa shape index (κ3) is 5.10. The number of carbonyl (C=O) groups excluding carboxylic acids is 1. The number of ether oxygens (including phenoxy) is 1. The first-order chi connectivity index (χ1) is 11.7. The van der Waals surface area contributed by atoms with Crippen molar-refractivity contribution in [1.82, 2.24) is 0 Å². The lowest BCUT2D eigenvalue weighted by Gasteiger charge is -2.21. The van der Waals surface area contributed by atoms with Gasteiger partial charge in [-0.2, -0.15) is 0 Å². The molecular weight excluding hydrogens is 362 g/mol. The zero-order valence-electron chi connectivity index (χ0n) is 13.0. The quantitative estimate of drug-likeness (QED) is 0.772. The first-order valence-electron chi connectivity index (χ1n) is 7.72. The van der Waals surface area contributed by atoms with E-state index in [9.17, 15) is 4.79 Å². The van der Waals surface area contributed by atoms with Gasteiger partial charge in [0.05, 0.1) is 4.58 Å². The molecule has 0 bridgehead atoms. The van der Waals surface area contributed by atoms with Crippen LogP contribution >= 0.6 is 35.1 Å². The second-order valence-electron chi connectivity index (χ2n) is 5.34. The molecule has 2 aromatic rings. The first kappa shape index (κ1) is 17.5. The molecule has 0 spiro atoms. The molecule has 1 N–H and O–H groups in total. The van der Waals surface area contributed by atoms with E-state index in [1.165, 1.54) is 23.5 Å². The van der Waals surface area contributed by atoms with Crippen LogP contribution in [0.25, 0.3) is 0 Å². The van der Waals surface area contributed by atoms with Gasteiger partial charge in [0.25, 0.3) is 5.91 Å². The fourth-order valence-electron chi connectivity index (χ4n) is 2.31. The van der Waals surface area contributed by atoms with E-state index in [1.54, 1.807) is 24.3 Å². The molecular formula is C18H18ClNO2S2. The van der Waals surface area contributed by atoms with Crippen LogP contribution in [0.15, 0.2) is 48.5 Å². The van der Waals surface area contributed by atoms with Crippen LogP contribution in [0.2, 0.25) is 5.02 Å². The minimum Gasteiger partial charge on any atom is -0.484 e. The summed E-state index contributed by atoms with van der Waals surface area (Å²) in [6.07, 6.45) is 1.29. The second-order valence-corrected chi connectivity index (χ2v) is 8.50. The van der Waals surface area contributed by atoms with Gasteiger partial charge >= 0.3 is 0 Å². The average molecular weight is 380 g/mol. The molecule has 24 heavy (non-hydrogen) atoms. The van der Waals surface area contributed by atoms with Crippen molar-refractivity contribution in [1.29, 1.82) is 0 Å². The zero-order chi connectivity index (χ0) is 16.8. The van der Waals surface area contributed by atoms with Gasteiger partial charge in [-0.3, -0.25) is 4.79 Å². The van der Waals surface area contributed by atoms with Gasteiger partial charge in [0, 0.05) is 10.7 Å². The van der Waals surface area contributed by atoms with Gasteiger partial charge in [-0.1, -0.05) is 29.8 Å². The number of thioether (sulfide) groups is 2. The Balaban J connectivity index is 1.50. The van der Waals surface area contributed by atoms with Gasteiger partial charge in [0.15, 0.2) is 6.61 Å². The van der Waals surface area contributed by atoms with E-state index in [0.29, 0.717) is 21.0 Å². The lowest BCUT2D eigenvalue weighted by Crippen LogP contribution is -2.20. The van der Waals surface area contributed by atoms with Crippen LogP contribution in [0.4, 0.5) is 5.69 Å². The number of hydrogen-bond acceptors (Lipinski definition) is 4. The van der Waals surface area contributed by atoms with Gasteiger partial charge in [-0.05, 0) is 53.8 Å². The van der Waals surface area contributed by atoms with E-state index in [0.717, 1.165) is 0 Å². The molecule has 0 radical (unpaired) electrons. The Bertz CT molecular complexity index is 688. The van der Waals surface area contributed by atoms with Crippen LogP contribution in [-0.4, -0.2) is 24.0 Å². The molecule has 3 nitrogen and oxygen atoms in total. The third-order valence-corrected chi connectivity index (χ3v) is 6.71. The summed E-state index contributed by atoms with van der Waals surface area (Å²) in [5, 5.41) is 3.35. The van der Waals surface area contributed by atoms with E-state index < -0.39 is 0 Å². The largest absolute Gasteiger partial charge is 0.484 e. The molecule has 0 saturated carbocycles. The number of amides is 1. The zero-order valence-corrected chi connectivity index (χ0v) is 15.4. The van der Waals surface area contributed by atoms with Crippen LogP contribution < -0.4 is 10.1 Å². The summed E-state index contributed by atoms with van der Waals surface area (Å²) in [5.74, 6) is 2.93.